The minimum absolute atomic E-state index is 0.0394. The van der Waals surface area contributed by atoms with Gasteiger partial charge in [0.25, 0.3) is 0 Å². The maximum absolute atomic E-state index is 14.9. The lowest BCUT2D eigenvalue weighted by Gasteiger charge is -2.14. The molecule has 3 aromatic rings. The molecule has 4 rings (SSSR count). The van der Waals surface area contributed by atoms with Gasteiger partial charge in [-0.05, 0) is 43.5 Å². The van der Waals surface area contributed by atoms with Gasteiger partial charge >= 0.3 is 5.97 Å². The minimum atomic E-state index is -1.33. The summed E-state index contributed by atoms with van der Waals surface area (Å²) in [6.45, 7) is 3.13. The molecule has 0 unspecified atom stereocenters. The first-order valence-electron chi connectivity index (χ1n) is 9.12. The van der Waals surface area contributed by atoms with Gasteiger partial charge in [0.05, 0.1) is 5.52 Å². The van der Waals surface area contributed by atoms with Gasteiger partial charge in [-0.2, -0.15) is 0 Å². The number of rotatable bonds is 4. The lowest BCUT2D eigenvalue weighted by molar-refractivity contribution is -0.114. The first-order valence-corrected chi connectivity index (χ1v) is 9.12. The summed E-state index contributed by atoms with van der Waals surface area (Å²) in [5.74, 6) is -1.84. The van der Waals surface area contributed by atoms with E-state index in [1.807, 2.05) is 0 Å². The Balaban J connectivity index is 1.92. The number of aromatic carboxylic acids is 1. The zero-order valence-electron chi connectivity index (χ0n) is 15.8. The van der Waals surface area contributed by atoms with Crippen molar-refractivity contribution in [1.29, 1.82) is 0 Å². The number of nitrogens with one attached hydrogen (secondary N) is 1. The Bertz CT molecular complexity index is 1240. The number of benzene rings is 1. The van der Waals surface area contributed by atoms with Crippen LogP contribution in [0.3, 0.4) is 0 Å². The Morgan fingerprint density at radius 2 is 2.00 bits per heavy atom. The second kappa shape index (κ2) is 6.80. The Morgan fingerprint density at radius 3 is 2.59 bits per heavy atom. The molecule has 1 saturated carbocycles. The van der Waals surface area contributed by atoms with Crippen LogP contribution in [0.4, 0.5) is 10.2 Å². The molecule has 8 heteroatoms. The molecule has 0 bridgehead atoms. The molecule has 148 valence electrons. The molecular weight excluding hydrogens is 377 g/mol. The highest BCUT2D eigenvalue weighted by atomic mass is 19.1. The summed E-state index contributed by atoms with van der Waals surface area (Å²) < 4.78 is 16.7. The second-order valence-corrected chi connectivity index (χ2v) is 7.24. The summed E-state index contributed by atoms with van der Waals surface area (Å²) in [5, 5.41) is 12.0. The van der Waals surface area contributed by atoms with E-state index >= 15 is 0 Å². The molecule has 1 fully saturated rings. The van der Waals surface area contributed by atoms with Crippen molar-refractivity contribution in [1.82, 2.24) is 9.55 Å². The number of hydrogen-bond donors (Lipinski definition) is 2. The Labute approximate surface area is 164 Å². The van der Waals surface area contributed by atoms with Gasteiger partial charge in [-0.1, -0.05) is 0 Å². The number of pyridine rings is 2. The number of amides is 1. The number of aromatic nitrogens is 2. The highest BCUT2D eigenvalue weighted by Crippen LogP contribution is 2.38. The van der Waals surface area contributed by atoms with Crippen LogP contribution < -0.4 is 10.7 Å². The van der Waals surface area contributed by atoms with Crippen molar-refractivity contribution in [2.45, 2.75) is 32.7 Å². The van der Waals surface area contributed by atoms with Gasteiger partial charge in [-0.25, -0.2) is 14.2 Å². The average Bonchev–Trinajstić information content (AvgIpc) is 3.48. The third-order valence-corrected chi connectivity index (χ3v) is 4.98. The Kier molecular flexibility index (Phi) is 4.41. The van der Waals surface area contributed by atoms with Crippen LogP contribution in [0.1, 0.15) is 41.7 Å². The van der Waals surface area contributed by atoms with Crippen LogP contribution in [-0.2, 0) is 4.79 Å². The molecule has 2 aromatic heterocycles. The van der Waals surface area contributed by atoms with E-state index in [4.69, 9.17) is 0 Å². The number of fused-ring (bicyclic) bond motifs is 1. The van der Waals surface area contributed by atoms with Gasteiger partial charge in [0.2, 0.25) is 11.3 Å². The number of anilines is 1. The van der Waals surface area contributed by atoms with Crippen molar-refractivity contribution in [2.75, 3.05) is 5.32 Å². The summed E-state index contributed by atoms with van der Waals surface area (Å²) in [6, 6.07) is 4.45. The standard InChI is InChI=1S/C21H18FN3O4/c1-10-5-12(8-23-20(10)24-11(2)26)14-7-18-15(6-17(14)22)19(27)16(21(28)29)9-25(18)13-3-4-13/h5-9,13H,3-4H2,1-2H3,(H,28,29)(H,23,24,26). The van der Waals surface area contributed by atoms with E-state index in [9.17, 15) is 23.9 Å². The van der Waals surface area contributed by atoms with Gasteiger partial charge in [0.1, 0.15) is 17.2 Å². The topological polar surface area (TPSA) is 101 Å². The first kappa shape index (κ1) is 18.8. The molecule has 29 heavy (non-hydrogen) atoms. The van der Waals surface area contributed by atoms with Crippen molar-refractivity contribution in [3.8, 4) is 11.1 Å². The van der Waals surface area contributed by atoms with Crippen molar-refractivity contribution >= 4 is 28.6 Å². The van der Waals surface area contributed by atoms with Gasteiger partial charge in [-0.3, -0.25) is 9.59 Å². The number of carboxylic acids is 1. The largest absolute Gasteiger partial charge is 0.477 e. The van der Waals surface area contributed by atoms with Crippen molar-refractivity contribution < 1.29 is 19.1 Å². The minimum Gasteiger partial charge on any atom is -0.477 e. The average molecular weight is 395 g/mol. The van der Waals surface area contributed by atoms with E-state index < -0.39 is 17.2 Å². The van der Waals surface area contributed by atoms with Crippen LogP contribution in [-0.4, -0.2) is 26.5 Å². The molecule has 7 nitrogen and oxygen atoms in total. The lowest BCUT2D eigenvalue weighted by atomic mass is 10.0. The van der Waals surface area contributed by atoms with Gasteiger partial charge < -0.3 is 15.0 Å². The molecule has 0 aliphatic heterocycles. The number of carboxylic acid groups (broad SMARTS) is 1. The number of aryl methyl sites for hydroxylation is 1. The van der Waals surface area contributed by atoms with Crippen LogP contribution in [0.25, 0.3) is 22.0 Å². The van der Waals surface area contributed by atoms with E-state index in [0.717, 1.165) is 18.9 Å². The molecule has 0 radical (unpaired) electrons. The van der Waals surface area contributed by atoms with Crippen LogP contribution in [0, 0.1) is 12.7 Å². The summed E-state index contributed by atoms with van der Waals surface area (Å²) in [4.78, 5) is 39.4. The SMILES string of the molecule is CC(=O)Nc1ncc(-c2cc3c(cc2F)c(=O)c(C(=O)O)cn3C2CC2)cc1C. The fraction of sp³-hybridized carbons (Fsp3) is 0.238. The molecule has 1 aliphatic carbocycles. The van der Waals surface area contributed by atoms with Gasteiger partial charge in [0, 0.05) is 41.9 Å². The normalized spacial score (nSPS) is 13.5. The lowest BCUT2D eigenvalue weighted by Crippen LogP contribution is -2.19. The summed E-state index contributed by atoms with van der Waals surface area (Å²) in [7, 11) is 0. The summed E-state index contributed by atoms with van der Waals surface area (Å²) >= 11 is 0. The quantitative estimate of drug-likeness (QED) is 0.704. The van der Waals surface area contributed by atoms with Crippen molar-refractivity contribution in [3.05, 3.63) is 57.8 Å². The first-order chi connectivity index (χ1) is 13.8. The molecule has 0 saturated heterocycles. The number of hydrogen-bond acceptors (Lipinski definition) is 4. The maximum atomic E-state index is 14.9. The predicted molar refractivity (Wildman–Crippen MR) is 106 cm³/mol. The van der Waals surface area contributed by atoms with Crippen molar-refractivity contribution in [3.63, 3.8) is 0 Å². The smallest absolute Gasteiger partial charge is 0.341 e. The van der Waals surface area contributed by atoms with Crippen LogP contribution >= 0.6 is 0 Å². The fourth-order valence-corrected chi connectivity index (χ4v) is 3.42. The Morgan fingerprint density at radius 1 is 1.28 bits per heavy atom. The number of halogens is 1. The van der Waals surface area contributed by atoms with Gasteiger partial charge in [-0.15, -0.1) is 0 Å². The van der Waals surface area contributed by atoms with Crippen LogP contribution in [0.5, 0.6) is 0 Å². The molecular formula is C21H18FN3O4. The zero-order chi connectivity index (χ0) is 20.9. The van der Waals surface area contributed by atoms with Crippen molar-refractivity contribution in [2.24, 2.45) is 0 Å². The predicted octanol–water partition coefficient (Wildman–Crippen LogP) is 3.50. The van der Waals surface area contributed by atoms with E-state index in [1.165, 1.54) is 19.3 Å². The van der Waals surface area contributed by atoms with Gasteiger partial charge in [0.15, 0.2) is 0 Å². The van der Waals surface area contributed by atoms with E-state index in [2.05, 4.69) is 10.3 Å². The Hall–Kier alpha value is -3.55. The van der Waals surface area contributed by atoms with Crippen LogP contribution in [0.2, 0.25) is 0 Å². The highest BCUT2D eigenvalue weighted by molar-refractivity contribution is 5.94. The molecule has 1 aromatic carbocycles. The third-order valence-electron chi connectivity index (χ3n) is 4.98. The number of carbonyl (C=O) groups excluding carboxylic acids is 1. The molecule has 0 spiro atoms. The van der Waals surface area contributed by atoms with Crippen LogP contribution in [0.15, 0.2) is 35.4 Å². The molecule has 1 aliphatic rings. The maximum Gasteiger partial charge on any atom is 0.341 e. The second-order valence-electron chi connectivity index (χ2n) is 7.24. The number of nitrogens with zero attached hydrogens (tertiary/aromatic N) is 2. The molecule has 2 heterocycles. The highest BCUT2D eigenvalue weighted by Gasteiger charge is 2.27. The zero-order valence-corrected chi connectivity index (χ0v) is 15.8. The fourth-order valence-electron chi connectivity index (χ4n) is 3.42. The monoisotopic (exact) mass is 395 g/mol. The van der Waals surface area contributed by atoms with E-state index in [1.54, 1.807) is 23.6 Å². The summed E-state index contributed by atoms with van der Waals surface area (Å²) in [5.41, 5.74) is 0.826. The summed E-state index contributed by atoms with van der Waals surface area (Å²) in [6.07, 6.45) is 4.54. The molecule has 0 atom stereocenters. The third kappa shape index (κ3) is 3.37. The van der Waals surface area contributed by atoms with E-state index in [-0.39, 0.29) is 28.5 Å². The molecule has 1 amide bonds. The number of carbonyl (C=O) groups is 2. The van der Waals surface area contributed by atoms with E-state index in [0.29, 0.717) is 22.5 Å². The molecule has 2 N–H and O–H groups in total.